The average molecular weight is 609 g/mol. The Hall–Kier alpha value is -3.47. The highest BCUT2D eigenvalue weighted by atomic mass is 35.5. The van der Waals surface area contributed by atoms with Gasteiger partial charge in [0.05, 0.1) is 24.8 Å². The number of halogens is 2. The molecule has 0 heterocycles. The van der Waals surface area contributed by atoms with Crippen LogP contribution >= 0.6 is 23.2 Å². The first-order chi connectivity index (χ1) is 18.9. The average Bonchev–Trinajstić information content (AvgIpc) is 2.94. The summed E-state index contributed by atoms with van der Waals surface area (Å²) in [6.07, 6.45) is 0. The van der Waals surface area contributed by atoms with Gasteiger partial charge in [0.2, 0.25) is 11.8 Å². The normalized spacial score (nSPS) is 11.9. The van der Waals surface area contributed by atoms with Crippen LogP contribution in [0.5, 0.6) is 11.5 Å². The number of benzene rings is 3. The van der Waals surface area contributed by atoms with Crippen molar-refractivity contribution in [2.45, 2.75) is 31.3 Å². The number of nitrogens with zero attached hydrogens (tertiary/aromatic N) is 2. The summed E-state index contributed by atoms with van der Waals surface area (Å²) in [4.78, 5) is 27.8. The summed E-state index contributed by atoms with van der Waals surface area (Å²) in [5, 5.41) is 3.24. The second-order valence-corrected chi connectivity index (χ2v) is 11.6. The number of carbonyl (C=O) groups excluding carboxylic acids is 2. The van der Waals surface area contributed by atoms with Crippen molar-refractivity contribution >= 4 is 50.7 Å². The molecule has 214 valence electrons. The third kappa shape index (κ3) is 6.99. The van der Waals surface area contributed by atoms with Crippen LogP contribution in [0, 0.1) is 6.92 Å². The zero-order valence-electron chi connectivity index (χ0n) is 22.8. The number of rotatable bonds is 11. The van der Waals surface area contributed by atoms with Crippen LogP contribution in [0.15, 0.2) is 65.6 Å². The smallest absolute Gasteiger partial charge is 0.264 e. The molecule has 0 spiro atoms. The zero-order chi connectivity index (χ0) is 29.6. The standard InChI is InChI=1S/C28H31Cl2N3O6S/c1-18-6-11-23(12-7-18)40(36,37)33(25-15-22(38-4)10-13-26(25)39-5)17-27(34)32(19(2)28(35)31-3)16-20-8-9-21(29)14-24(20)30/h6-15,19H,16-17H2,1-5H3,(H,31,35)/t19-/m1/s1. The van der Waals surface area contributed by atoms with Gasteiger partial charge in [-0.05, 0) is 55.8 Å². The molecule has 40 heavy (non-hydrogen) atoms. The number of aryl methyl sites for hydroxylation is 1. The van der Waals surface area contributed by atoms with Gasteiger partial charge in [0.25, 0.3) is 10.0 Å². The lowest BCUT2D eigenvalue weighted by Gasteiger charge is -2.32. The minimum absolute atomic E-state index is 0.0255. The molecule has 0 saturated carbocycles. The Morgan fingerprint density at radius 2 is 1.65 bits per heavy atom. The largest absolute Gasteiger partial charge is 0.497 e. The van der Waals surface area contributed by atoms with E-state index in [1.54, 1.807) is 43.3 Å². The third-order valence-corrected chi connectivity index (χ3v) is 8.67. The lowest BCUT2D eigenvalue weighted by Crippen LogP contribution is -2.50. The Morgan fingerprint density at radius 1 is 0.975 bits per heavy atom. The van der Waals surface area contributed by atoms with E-state index in [1.807, 2.05) is 6.92 Å². The number of likely N-dealkylation sites (N-methyl/N-ethyl adjacent to an activating group) is 1. The van der Waals surface area contributed by atoms with Crippen LogP contribution in [-0.2, 0) is 26.2 Å². The number of ether oxygens (including phenoxy) is 2. The second kappa shape index (κ2) is 13.3. The topological polar surface area (TPSA) is 105 Å². The van der Waals surface area contributed by atoms with Gasteiger partial charge in [0.15, 0.2) is 0 Å². The van der Waals surface area contributed by atoms with Gasteiger partial charge >= 0.3 is 0 Å². The molecule has 1 N–H and O–H groups in total. The van der Waals surface area contributed by atoms with Gasteiger partial charge in [0.1, 0.15) is 24.1 Å². The summed E-state index contributed by atoms with van der Waals surface area (Å²) in [5.41, 5.74) is 1.49. The number of nitrogens with one attached hydrogen (secondary N) is 1. The van der Waals surface area contributed by atoms with E-state index in [-0.39, 0.29) is 22.9 Å². The number of sulfonamides is 1. The molecule has 0 unspecified atom stereocenters. The van der Waals surface area contributed by atoms with Crippen LogP contribution in [0.4, 0.5) is 5.69 Å². The van der Waals surface area contributed by atoms with E-state index in [2.05, 4.69) is 5.32 Å². The lowest BCUT2D eigenvalue weighted by atomic mass is 10.1. The highest BCUT2D eigenvalue weighted by Gasteiger charge is 2.34. The molecule has 3 aromatic carbocycles. The predicted molar refractivity (Wildman–Crippen MR) is 156 cm³/mol. The molecule has 0 aliphatic carbocycles. The fourth-order valence-electron chi connectivity index (χ4n) is 3.97. The summed E-state index contributed by atoms with van der Waals surface area (Å²) < 4.78 is 39.8. The molecular weight excluding hydrogens is 577 g/mol. The van der Waals surface area contributed by atoms with Crippen molar-refractivity contribution < 1.29 is 27.5 Å². The Balaban J connectivity index is 2.14. The molecule has 0 aliphatic heterocycles. The summed E-state index contributed by atoms with van der Waals surface area (Å²) in [6.45, 7) is 2.66. The Bertz CT molecular complexity index is 1480. The summed E-state index contributed by atoms with van der Waals surface area (Å²) in [5.74, 6) is -0.528. The number of amides is 2. The van der Waals surface area contributed by atoms with E-state index >= 15 is 0 Å². The van der Waals surface area contributed by atoms with Gasteiger partial charge in [-0.2, -0.15) is 0 Å². The van der Waals surface area contributed by atoms with Gasteiger partial charge in [-0.25, -0.2) is 8.42 Å². The van der Waals surface area contributed by atoms with Crippen LogP contribution in [0.2, 0.25) is 10.0 Å². The number of methoxy groups -OCH3 is 2. The molecule has 0 aromatic heterocycles. The lowest BCUT2D eigenvalue weighted by molar-refractivity contribution is -0.139. The summed E-state index contributed by atoms with van der Waals surface area (Å²) in [7, 11) is -0.000766. The van der Waals surface area contributed by atoms with Crippen molar-refractivity contribution in [2.24, 2.45) is 0 Å². The molecule has 12 heteroatoms. The van der Waals surface area contributed by atoms with Crippen molar-refractivity contribution in [1.29, 1.82) is 0 Å². The minimum Gasteiger partial charge on any atom is -0.497 e. The van der Waals surface area contributed by atoms with E-state index in [0.717, 1.165) is 9.87 Å². The van der Waals surface area contributed by atoms with Crippen LogP contribution in [0.3, 0.4) is 0 Å². The van der Waals surface area contributed by atoms with E-state index in [4.69, 9.17) is 32.7 Å². The summed E-state index contributed by atoms with van der Waals surface area (Å²) in [6, 6.07) is 14.7. The Kier molecular flexibility index (Phi) is 10.3. The first-order valence-electron chi connectivity index (χ1n) is 12.2. The first-order valence-corrected chi connectivity index (χ1v) is 14.4. The van der Waals surface area contributed by atoms with E-state index < -0.39 is 34.4 Å². The maximum Gasteiger partial charge on any atom is 0.264 e. The molecule has 1 atom stereocenters. The maximum atomic E-state index is 14.0. The van der Waals surface area contributed by atoms with E-state index in [9.17, 15) is 18.0 Å². The highest BCUT2D eigenvalue weighted by Crippen LogP contribution is 2.36. The van der Waals surface area contributed by atoms with Crippen LogP contribution < -0.4 is 19.1 Å². The molecule has 0 radical (unpaired) electrons. The SMILES string of the molecule is CNC(=O)[C@@H](C)N(Cc1ccc(Cl)cc1Cl)C(=O)CN(c1cc(OC)ccc1OC)S(=O)(=O)c1ccc(C)cc1. The molecule has 0 aliphatic rings. The molecule has 0 bridgehead atoms. The maximum absolute atomic E-state index is 14.0. The fourth-order valence-corrected chi connectivity index (χ4v) is 5.85. The van der Waals surface area contributed by atoms with Crippen molar-refractivity contribution in [1.82, 2.24) is 10.2 Å². The molecule has 3 aromatic rings. The van der Waals surface area contributed by atoms with Crippen LogP contribution in [0.1, 0.15) is 18.1 Å². The first kappa shape index (κ1) is 31.1. The monoisotopic (exact) mass is 607 g/mol. The Labute approximate surface area is 244 Å². The van der Waals surface area contributed by atoms with Crippen molar-refractivity contribution in [2.75, 3.05) is 32.1 Å². The summed E-state index contributed by atoms with van der Waals surface area (Å²) >= 11 is 12.4. The van der Waals surface area contributed by atoms with Crippen LogP contribution in [0.25, 0.3) is 0 Å². The van der Waals surface area contributed by atoms with Crippen LogP contribution in [-0.4, -0.2) is 59.0 Å². The third-order valence-electron chi connectivity index (χ3n) is 6.31. The quantitative estimate of drug-likeness (QED) is 0.339. The van der Waals surface area contributed by atoms with Gasteiger partial charge < -0.3 is 19.7 Å². The number of anilines is 1. The molecule has 9 nitrogen and oxygen atoms in total. The molecule has 2 amide bonds. The van der Waals surface area contributed by atoms with Crippen molar-refractivity contribution in [3.63, 3.8) is 0 Å². The van der Waals surface area contributed by atoms with Gasteiger partial charge in [0, 0.05) is 29.7 Å². The van der Waals surface area contributed by atoms with E-state index in [1.165, 1.54) is 50.4 Å². The predicted octanol–water partition coefficient (Wildman–Crippen LogP) is 4.68. The molecule has 0 saturated heterocycles. The fraction of sp³-hybridized carbons (Fsp3) is 0.286. The Morgan fingerprint density at radius 3 is 2.23 bits per heavy atom. The van der Waals surface area contributed by atoms with Gasteiger partial charge in [-0.1, -0.05) is 47.0 Å². The van der Waals surface area contributed by atoms with Gasteiger partial charge in [-0.15, -0.1) is 0 Å². The zero-order valence-corrected chi connectivity index (χ0v) is 25.1. The minimum atomic E-state index is -4.29. The number of hydrogen-bond donors (Lipinski definition) is 1. The number of hydrogen-bond acceptors (Lipinski definition) is 6. The second-order valence-electron chi connectivity index (χ2n) is 8.91. The van der Waals surface area contributed by atoms with Crippen molar-refractivity contribution in [3.8, 4) is 11.5 Å². The molecular formula is C28H31Cl2N3O6S. The van der Waals surface area contributed by atoms with Crippen molar-refractivity contribution in [3.05, 3.63) is 81.8 Å². The molecule has 0 fully saturated rings. The highest BCUT2D eigenvalue weighted by molar-refractivity contribution is 7.92. The van der Waals surface area contributed by atoms with Gasteiger partial charge in [-0.3, -0.25) is 13.9 Å². The number of carbonyl (C=O) groups is 2. The van der Waals surface area contributed by atoms with E-state index in [0.29, 0.717) is 21.4 Å². The molecule has 3 rings (SSSR count).